The van der Waals surface area contributed by atoms with E-state index in [1.165, 1.54) is 0 Å². The van der Waals surface area contributed by atoms with E-state index in [4.69, 9.17) is 0 Å². The van der Waals surface area contributed by atoms with Gasteiger partial charge < -0.3 is 9.88 Å². The molecule has 0 amide bonds. The molecule has 1 aliphatic heterocycles. The number of sulfone groups is 1. The first-order valence-electron chi connectivity index (χ1n) is 6.38. The van der Waals surface area contributed by atoms with Gasteiger partial charge in [0.2, 0.25) is 0 Å². The van der Waals surface area contributed by atoms with Gasteiger partial charge in [0.25, 0.3) is 0 Å². The van der Waals surface area contributed by atoms with Gasteiger partial charge in [-0.2, -0.15) is 0 Å². The molecule has 2 heterocycles. The Hall–Kier alpha value is -1.21. The summed E-state index contributed by atoms with van der Waals surface area (Å²) >= 11 is 0. The van der Waals surface area contributed by atoms with Crippen LogP contribution in [0, 0.1) is 0 Å². The van der Waals surface area contributed by atoms with Crippen molar-refractivity contribution >= 4 is 15.6 Å². The Labute approximate surface area is 113 Å². The highest BCUT2D eigenvalue weighted by Crippen LogP contribution is 2.08. The standard InChI is InChI=1S/C12H19N3O3S/c1-15-6-4-14-12(15)3-2-11(16)8-10-9-19(17,18)7-5-13-10/h4,6,10,13H,2-3,5,7-9H2,1H3. The third-order valence-corrected chi connectivity index (χ3v) is 5.06. The van der Waals surface area contributed by atoms with E-state index < -0.39 is 9.84 Å². The molecule has 1 aromatic heterocycles. The molecule has 6 nitrogen and oxygen atoms in total. The maximum Gasteiger partial charge on any atom is 0.153 e. The molecule has 19 heavy (non-hydrogen) atoms. The lowest BCUT2D eigenvalue weighted by molar-refractivity contribution is -0.119. The monoisotopic (exact) mass is 285 g/mol. The van der Waals surface area contributed by atoms with Gasteiger partial charge in [-0.25, -0.2) is 13.4 Å². The summed E-state index contributed by atoms with van der Waals surface area (Å²) in [6.45, 7) is 0.444. The van der Waals surface area contributed by atoms with Crippen molar-refractivity contribution in [3.8, 4) is 0 Å². The Kier molecular flexibility index (Phi) is 4.36. The van der Waals surface area contributed by atoms with Crippen molar-refractivity contribution in [2.24, 2.45) is 7.05 Å². The van der Waals surface area contributed by atoms with Crippen LogP contribution in [-0.4, -0.2) is 47.8 Å². The van der Waals surface area contributed by atoms with Gasteiger partial charge in [-0.15, -0.1) is 0 Å². The van der Waals surface area contributed by atoms with Crippen molar-refractivity contribution in [2.75, 3.05) is 18.1 Å². The van der Waals surface area contributed by atoms with Crippen molar-refractivity contribution in [1.29, 1.82) is 0 Å². The molecule has 0 radical (unpaired) electrons. The average molecular weight is 285 g/mol. The predicted octanol–water partition coefficient (Wildman–Crippen LogP) is -0.301. The van der Waals surface area contributed by atoms with E-state index in [0.717, 1.165) is 5.82 Å². The van der Waals surface area contributed by atoms with Crippen molar-refractivity contribution in [3.63, 3.8) is 0 Å². The van der Waals surface area contributed by atoms with Crippen molar-refractivity contribution in [1.82, 2.24) is 14.9 Å². The third kappa shape index (κ3) is 4.14. The number of aryl methyl sites for hydroxylation is 2. The Morgan fingerprint density at radius 3 is 3.00 bits per heavy atom. The Balaban J connectivity index is 1.80. The Bertz CT molecular complexity index is 550. The van der Waals surface area contributed by atoms with E-state index in [0.29, 0.717) is 19.4 Å². The molecule has 1 aromatic rings. The molecular formula is C12H19N3O3S. The average Bonchev–Trinajstić information content (AvgIpc) is 2.71. The largest absolute Gasteiger partial charge is 0.338 e. The zero-order chi connectivity index (χ0) is 13.9. The summed E-state index contributed by atoms with van der Waals surface area (Å²) in [5.41, 5.74) is 0. The minimum absolute atomic E-state index is 0.0706. The second-order valence-corrected chi connectivity index (χ2v) is 7.19. The molecule has 0 spiro atoms. The van der Waals surface area contributed by atoms with Crippen molar-refractivity contribution in [2.45, 2.75) is 25.3 Å². The lowest BCUT2D eigenvalue weighted by Gasteiger charge is -2.22. The fourth-order valence-electron chi connectivity index (χ4n) is 2.26. The van der Waals surface area contributed by atoms with Crippen LogP contribution in [0.5, 0.6) is 0 Å². The number of Topliss-reactive ketones (excluding diaryl/α,β-unsaturated/α-hetero) is 1. The second kappa shape index (κ2) is 5.83. The summed E-state index contributed by atoms with van der Waals surface area (Å²) in [6.07, 6.45) is 4.83. The lowest BCUT2D eigenvalue weighted by atomic mass is 10.1. The van der Waals surface area contributed by atoms with Gasteiger partial charge >= 0.3 is 0 Å². The van der Waals surface area contributed by atoms with Crippen LogP contribution in [0.4, 0.5) is 0 Å². The van der Waals surface area contributed by atoms with E-state index in [-0.39, 0.29) is 29.8 Å². The van der Waals surface area contributed by atoms with Crippen LogP contribution in [-0.2, 0) is 28.1 Å². The van der Waals surface area contributed by atoms with Gasteiger partial charge in [0.1, 0.15) is 11.6 Å². The topological polar surface area (TPSA) is 81.1 Å². The van der Waals surface area contributed by atoms with Crippen LogP contribution in [0.3, 0.4) is 0 Å². The van der Waals surface area contributed by atoms with Crippen LogP contribution in [0.2, 0.25) is 0 Å². The first-order valence-corrected chi connectivity index (χ1v) is 8.20. The number of nitrogens with zero attached hydrogens (tertiary/aromatic N) is 2. The maximum absolute atomic E-state index is 11.9. The van der Waals surface area contributed by atoms with Gasteiger partial charge in [0.15, 0.2) is 9.84 Å². The number of nitrogens with one attached hydrogen (secondary N) is 1. The molecule has 0 aromatic carbocycles. The van der Waals surface area contributed by atoms with E-state index in [2.05, 4.69) is 10.3 Å². The molecule has 0 bridgehead atoms. The molecule has 7 heteroatoms. The quantitative estimate of drug-likeness (QED) is 0.803. The molecule has 1 unspecified atom stereocenters. The molecule has 0 aliphatic carbocycles. The third-order valence-electron chi connectivity index (χ3n) is 3.32. The molecular weight excluding hydrogens is 266 g/mol. The van der Waals surface area contributed by atoms with E-state index in [1.807, 2.05) is 17.8 Å². The fraction of sp³-hybridized carbons (Fsp3) is 0.667. The van der Waals surface area contributed by atoms with Crippen molar-refractivity contribution < 1.29 is 13.2 Å². The van der Waals surface area contributed by atoms with Crippen LogP contribution in [0.1, 0.15) is 18.7 Å². The van der Waals surface area contributed by atoms with Crippen LogP contribution < -0.4 is 5.32 Å². The number of rotatable bonds is 5. The molecule has 106 valence electrons. The van der Waals surface area contributed by atoms with Gasteiger partial charge in [0.05, 0.1) is 11.5 Å². The summed E-state index contributed by atoms with van der Waals surface area (Å²) < 4.78 is 24.8. The SMILES string of the molecule is Cn1ccnc1CCC(=O)CC1CS(=O)(=O)CCN1. The number of carbonyl (C=O) groups is 1. The van der Waals surface area contributed by atoms with E-state index in [9.17, 15) is 13.2 Å². The highest BCUT2D eigenvalue weighted by molar-refractivity contribution is 7.91. The first kappa shape index (κ1) is 14.2. The second-order valence-electron chi connectivity index (χ2n) is 4.96. The fourth-order valence-corrected chi connectivity index (χ4v) is 3.71. The maximum atomic E-state index is 11.9. The number of aromatic nitrogens is 2. The van der Waals surface area contributed by atoms with Crippen LogP contribution in [0.25, 0.3) is 0 Å². The van der Waals surface area contributed by atoms with Gasteiger partial charge in [0, 0.05) is 51.3 Å². The smallest absolute Gasteiger partial charge is 0.153 e. The normalized spacial score (nSPS) is 22.3. The van der Waals surface area contributed by atoms with Crippen LogP contribution >= 0.6 is 0 Å². The number of ketones is 1. The molecule has 1 aliphatic rings. The summed E-state index contributed by atoms with van der Waals surface area (Å²) in [7, 11) is -1.08. The molecule has 1 atom stereocenters. The van der Waals surface area contributed by atoms with Gasteiger partial charge in [-0.3, -0.25) is 4.79 Å². The molecule has 1 N–H and O–H groups in total. The summed E-state index contributed by atoms with van der Waals surface area (Å²) in [5, 5.41) is 3.09. The zero-order valence-corrected chi connectivity index (χ0v) is 11.8. The zero-order valence-electron chi connectivity index (χ0n) is 11.0. The van der Waals surface area contributed by atoms with E-state index >= 15 is 0 Å². The number of hydrogen-bond donors (Lipinski definition) is 1. The molecule has 1 saturated heterocycles. The minimum Gasteiger partial charge on any atom is -0.338 e. The van der Waals surface area contributed by atoms with Crippen LogP contribution in [0.15, 0.2) is 12.4 Å². The lowest BCUT2D eigenvalue weighted by Crippen LogP contribution is -2.46. The minimum atomic E-state index is -2.97. The van der Waals surface area contributed by atoms with Gasteiger partial charge in [-0.05, 0) is 0 Å². The molecule has 2 rings (SSSR count). The predicted molar refractivity (Wildman–Crippen MR) is 71.6 cm³/mol. The Morgan fingerprint density at radius 1 is 1.58 bits per heavy atom. The number of imidazole rings is 1. The highest BCUT2D eigenvalue weighted by Gasteiger charge is 2.25. The summed E-state index contributed by atoms with van der Waals surface area (Å²) in [4.78, 5) is 16.0. The number of carbonyl (C=O) groups excluding carboxylic acids is 1. The summed E-state index contributed by atoms with van der Waals surface area (Å²) in [6, 6.07) is -0.229. The van der Waals surface area contributed by atoms with Gasteiger partial charge in [-0.1, -0.05) is 0 Å². The highest BCUT2D eigenvalue weighted by atomic mass is 32.2. The summed E-state index contributed by atoms with van der Waals surface area (Å²) in [5.74, 6) is 1.20. The van der Waals surface area contributed by atoms with E-state index in [1.54, 1.807) is 6.20 Å². The molecule has 0 saturated carbocycles. The number of hydrogen-bond acceptors (Lipinski definition) is 5. The Morgan fingerprint density at radius 2 is 2.37 bits per heavy atom. The molecule has 1 fully saturated rings. The van der Waals surface area contributed by atoms with Crippen molar-refractivity contribution in [3.05, 3.63) is 18.2 Å². The first-order chi connectivity index (χ1) is 8.96.